The molecule has 1 aromatic carbocycles. The van der Waals surface area contributed by atoms with Crippen LogP contribution in [-0.4, -0.2) is 24.4 Å². The average molecular weight is 265 g/mol. The zero-order valence-electron chi connectivity index (χ0n) is 10.9. The Bertz CT molecular complexity index is 348. The van der Waals surface area contributed by atoms with Crippen molar-refractivity contribution in [3.63, 3.8) is 0 Å². The average Bonchev–Trinajstić information content (AvgIpc) is 2.89. The van der Waals surface area contributed by atoms with Crippen LogP contribution >= 0.6 is 11.8 Å². The van der Waals surface area contributed by atoms with Crippen LogP contribution < -0.4 is 4.74 Å². The van der Waals surface area contributed by atoms with E-state index >= 15 is 0 Å². The van der Waals surface area contributed by atoms with Crippen LogP contribution in [0, 0.1) is 6.42 Å². The second-order valence-electron chi connectivity index (χ2n) is 4.37. The van der Waals surface area contributed by atoms with E-state index in [0.717, 1.165) is 36.7 Å². The Balaban J connectivity index is 1.87. The lowest BCUT2D eigenvalue weighted by Crippen LogP contribution is -2.06. The van der Waals surface area contributed by atoms with E-state index in [1.54, 1.807) is 0 Å². The van der Waals surface area contributed by atoms with E-state index in [9.17, 15) is 0 Å². The van der Waals surface area contributed by atoms with E-state index in [-0.39, 0.29) is 5.44 Å². The third kappa shape index (κ3) is 4.21. The van der Waals surface area contributed by atoms with Crippen molar-refractivity contribution in [2.45, 2.75) is 31.6 Å². The molecule has 1 aromatic rings. The van der Waals surface area contributed by atoms with E-state index in [1.807, 2.05) is 30.0 Å². The van der Waals surface area contributed by atoms with Crippen molar-refractivity contribution in [3.8, 4) is 5.75 Å². The molecule has 1 radical (unpaired) electrons. The Labute approximate surface area is 114 Å². The van der Waals surface area contributed by atoms with Gasteiger partial charge in [0.05, 0.1) is 13.2 Å². The molecule has 0 spiro atoms. The van der Waals surface area contributed by atoms with Gasteiger partial charge in [-0.2, -0.15) is 0 Å². The number of benzene rings is 1. The van der Waals surface area contributed by atoms with Gasteiger partial charge in [0, 0.05) is 17.7 Å². The van der Waals surface area contributed by atoms with E-state index < -0.39 is 0 Å². The maximum absolute atomic E-state index is 5.85. The smallest absolute Gasteiger partial charge is 0.122 e. The number of unbranched alkanes of at least 4 members (excludes halogenated alkanes) is 2. The van der Waals surface area contributed by atoms with E-state index in [0.29, 0.717) is 0 Å². The van der Waals surface area contributed by atoms with Crippen LogP contribution in [0.1, 0.15) is 31.7 Å². The highest BCUT2D eigenvalue weighted by molar-refractivity contribution is 8.00. The molecule has 0 bridgehead atoms. The van der Waals surface area contributed by atoms with E-state index in [1.165, 1.54) is 12.8 Å². The maximum Gasteiger partial charge on any atom is 0.122 e. The molecule has 1 unspecified atom stereocenters. The van der Waals surface area contributed by atoms with Crippen molar-refractivity contribution in [2.75, 3.05) is 19.0 Å². The first kappa shape index (κ1) is 13.8. The molecular formula is C15H21O2S. The van der Waals surface area contributed by atoms with Gasteiger partial charge in [-0.15, -0.1) is 11.8 Å². The number of hydrogen-bond acceptors (Lipinski definition) is 3. The number of hydrogen-bond donors (Lipinski definition) is 0. The largest absolute Gasteiger partial charge is 0.493 e. The van der Waals surface area contributed by atoms with Crippen LogP contribution in [0.5, 0.6) is 5.75 Å². The highest BCUT2D eigenvalue weighted by atomic mass is 32.2. The van der Waals surface area contributed by atoms with Gasteiger partial charge in [-0.05, 0) is 12.5 Å². The molecule has 1 heterocycles. The first-order valence-corrected chi connectivity index (χ1v) is 7.75. The van der Waals surface area contributed by atoms with Gasteiger partial charge in [-0.3, -0.25) is 0 Å². The highest BCUT2D eigenvalue weighted by Gasteiger charge is 2.18. The Morgan fingerprint density at radius 2 is 2.28 bits per heavy atom. The Kier molecular flexibility index (Phi) is 5.88. The van der Waals surface area contributed by atoms with E-state index in [4.69, 9.17) is 9.47 Å². The molecule has 1 aliphatic rings. The van der Waals surface area contributed by atoms with Crippen LogP contribution in [0.25, 0.3) is 0 Å². The molecule has 3 heteroatoms. The fourth-order valence-corrected chi connectivity index (χ4v) is 2.76. The minimum atomic E-state index is 0.186. The lowest BCUT2D eigenvalue weighted by molar-refractivity contribution is 0.165. The number of thioether (sulfide) groups is 1. The molecule has 1 atom stereocenters. The van der Waals surface area contributed by atoms with Gasteiger partial charge in [0.2, 0.25) is 0 Å². The molecule has 1 fully saturated rings. The third-order valence-corrected chi connectivity index (χ3v) is 3.89. The van der Waals surface area contributed by atoms with Crippen molar-refractivity contribution in [1.82, 2.24) is 0 Å². The molecule has 99 valence electrons. The summed E-state index contributed by atoms with van der Waals surface area (Å²) in [5.41, 5.74) is 1.33. The Morgan fingerprint density at radius 1 is 1.39 bits per heavy atom. The fraction of sp³-hybridized carbons (Fsp3) is 0.533. The Morgan fingerprint density at radius 3 is 3.06 bits per heavy atom. The Hall–Kier alpha value is -0.670. The van der Waals surface area contributed by atoms with Crippen LogP contribution in [0.3, 0.4) is 0 Å². The molecule has 0 aliphatic carbocycles. The van der Waals surface area contributed by atoms with Gasteiger partial charge in [-0.25, -0.2) is 0 Å². The summed E-state index contributed by atoms with van der Waals surface area (Å²) >= 11 is 1.84. The zero-order chi connectivity index (χ0) is 12.6. The number of rotatable bonds is 7. The minimum absolute atomic E-state index is 0.186. The summed E-state index contributed by atoms with van der Waals surface area (Å²) in [6, 6.07) is 8.20. The quantitative estimate of drug-likeness (QED) is 0.697. The predicted molar refractivity (Wildman–Crippen MR) is 77.1 cm³/mol. The third-order valence-electron chi connectivity index (χ3n) is 2.89. The lowest BCUT2D eigenvalue weighted by Gasteiger charge is -2.13. The normalized spacial score (nSPS) is 19.1. The first-order chi connectivity index (χ1) is 8.90. The molecule has 2 nitrogen and oxygen atoms in total. The van der Waals surface area contributed by atoms with Gasteiger partial charge in [0.1, 0.15) is 11.2 Å². The molecule has 1 aliphatic heterocycles. The number of para-hydroxylation sites is 1. The van der Waals surface area contributed by atoms with E-state index in [2.05, 4.69) is 19.4 Å². The number of ether oxygens (including phenoxy) is 2. The molecule has 2 rings (SSSR count). The summed E-state index contributed by atoms with van der Waals surface area (Å²) in [5, 5.41) is 0. The van der Waals surface area contributed by atoms with Crippen molar-refractivity contribution in [2.24, 2.45) is 0 Å². The molecule has 0 amide bonds. The van der Waals surface area contributed by atoms with Crippen LogP contribution in [-0.2, 0) is 4.74 Å². The van der Waals surface area contributed by atoms with Gasteiger partial charge >= 0.3 is 0 Å². The highest BCUT2D eigenvalue weighted by Crippen LogP contribution is 2.29. The molecule has 0 saturated carbocycles. The molecule has 18 heavy (non-hydrogen) atoms. The summed E-state index contributed by atoms with van der Waals surface area (Å²) in [4.78, 5) is 0. The van der Waals surface area contributed by atoms with Gasteiger partial charge < -0.3 is 9.47 Å². The van der Waals surface area contributed by atoms with Gasteiger partial charge in [0.15, 0.2) is 0 Å². The van der Waals surface area contributed by atoms with Crippen molar-refractivity contribution < 1.29 is 9.47 Å². The van der Waals surface area contributed by atoms with Crippen molar-refractivity contribution >= 4 is 11.8 Å². The van der Waals surface area contributed by atoms with Crippen molar-refractivity contribution in [3.05, 3.63) is 36.2 Å². The second-order valence-corrected chi connectivity index (χ2v) is 5.58. The van der Waals surface area contributed by atoms with Gasteiger partial charge in [-0.1, -0.05) is 38.0 Å². The zero-order valence-corrected chi connectivity index (χ0v) is 11.7. The van der Waals surface area contributed by atoms with Crippen LogP contribution in [0.4, 0.5) is 0 Å². The lowest BCUT2D eigenvalue weighted by atomic mass is 10.1. The second kappa shape index (κ2) is 7.70. The summed E-state index contributed by atoms with van der Waals surface area (Å²) in [5.74, 6) is 2.06. The standard InChI is InChI=1S/C15H21O2S/c1-2-3-6-9-16-14-8-5-4-7-13(14)12-15-17-10-11-18-15/h4-5,7-8,12,15H,2-3,6,9-11H2,1H3. The topological polar surface area (TPSA) is 18.5 Å². The van der Waals surface area contributed by atoms with Gasteiger partial charge in [0.25, 0.3) is 0 Å². The summed E-state index contributed by atoms with van der Waals surface area (Å²) in [6.45, 7) is 3.86. The maximum atomic E-state index is 5.85. The summed E-state index contributed by atoms with van der Waals surface area (Å²) in [7, 11) is 0. The molecular weight excluding hydrogens is 244 g/mol. The predicted octanol–water partition coefficient (Wildman–Crippen LogP) is 3.90. The molecule has 0 N–H and O–H groups in total. The minimum Gasteiger partial charge on any atom is -0.493 e. The van der Waals surface area contributed by atoms with Crippen LogP contribution in [0.2, 0.25) is 0 Å². The monoisotopic (exact) mass is 265 g/mol. The van der Waals surface area contributed by atoms with Crippen molar-refractivity contribution in [1.29, 1.82) is 0 Å². The SMILES string of the molecule is CCCCCOc1ccccc1[CH]C1OCCS1. The summed E-state index contributed by atoms with van der Waals surface area (Å²) < 4.78 is 11.5. The summed E-state index contributed by atoms with van der Waals surface area (Å²) in [6.07, 6.45) is 5.74. The van der Waals surface area contributed by atoms with Crippen LogP contribution in [0.15, 0.2) is 24.3 Å². The molecule has 0 aromatic heterocycles. The first-order valence-electron chi connectivity index (χ1n) is 6.70. The fourth-order valence-electron chi connectivity index (χ4n) is 1.90. The molecule has 1 saturated heterocycles.